The number of rotatable bonds is 4. The number of aromatic nitrogens is 2. The summed E-state index contributed by atoms with van der Waals surface area (Å²) in [6.45, 7) is 0. The Balaban J connectivity index is 1.77. The van der Waals surface area contributed by atoms with E-state index in [1.807, 2.05) is 24.3 Å². The van der Waals surface area contributed by atoms with E-state index in [0.717, 1.165) is 14.7 Å². The van der Waals surface area contributed by atoms with Gasteiger partial charge in [-0.05, 0) is 70.6 Å². The molecule has 2 N–H and O–H groups in total. The zero-order valence-electron chi connectivity index (χ0n) is 13.9. The predicted molar refractivity (Wildman–Crippen MR) is 108 cm³/mol. The third-order valence-electron chi connectivity index (χ3n) is 4.07. The number of hydrogen-bond acceptors (Lipinski definition) is 3. The van der Waals surface area contributed by atoms with Gasteiger partial charge < -0.3 is 10.5 Å². The van der Waals surface area contributed by atoms with Crippen molar-refractivity contribution in [2.75, 3.05) is 0 Å². The molecule has 4 aromatic rings. The topological polar surface area (TPSA) is 69.6 Å². The Morgan fingerprint density at radius 3 is 2.74 bits per heavy atom. The second kappa shape index (κ2) is 6.99. The summed E-state index contributed by atoms with van der Waals surface area (Å²) in [5, 5.41) is 0. The standard InChI is InChI=1S/C20H13FIN3O2/c21-15-3-1-2-4-18(15)27-13-6-7-16(22)14(9-13)12-5-8-19-24-10-17(20(23)26)25(19)11-12/h1-11H,(H2,23,26). The summed E-state index contributed by atoms with van der Waals surface area (Å²) < 4.78 is 22.2. The highest BCUT2D eigenvalue weighted by Crippen LogP contribution is 2.32. The second-order valence-corrected chi connectivity index (χ2v) is 6.99. The normalized spacial score (nSPS) is 10.9. The van der Waals surface area contributed by atoms with E-state index in [9.17, 15) is 9.18 Å². The molecule has 5 nitrogen and oxygen atoms in total. The van der Waals surface area contributed by atoms with Gasteiger partial charge in [0.2, 0.25) is 0 Å². The van der Waals surface area contributed by atoms with Crippen molar-refractivity contribution >= 4 is 34.1 Å². The van der Waals surface area contributed by atoms with Crippen LogP contribution in [0.4, 0.5) is 4.39 Å². The summed E-state index contributed by atoms with van der Waals surface area (Å²) >= 11 is 2.22. The number of primary amides is 1. The summed E-state index contributed by atoms with van der Waals surface area (Å²) in [4.78, 5) is 15.8. The number of fused-ring (bicyclic) bond motifs is 1. The van der Waals surface area contributed by atoms with Gasteiger partial charge in [-0.3, -0.25) is 9.20 Å². The number of amides is 1. The van der Waals surface area contributed by atoms with Crippen LogP contribution < -0.4 is 10.5 Å². The quantitative estimate of drug-likeness (QED) is 0.440. The highest BCUT2D eigenvalue weighted by atomic mass is 127. The summed E-state index contributed by atoms with van der Waals surface area (Å²) in [5.41, 5.74) is 8.08. The van der Waals surface area contributed by atoms with E-state index in [2.05, 4.69) is 27.6 Å². The maximum absolute atomic E-state index is 13.9. The molecule has 0 aliphatic rings. The Hall–Kier alpha value is -2.94. The Kier molecular flexibility index (Phi) is 4.53. The predicted octanol–water partition coefficient (Wildman–Crippen LogP) is 4.64. The first kappa shape index (κ1) is 17.5. The second-order valence-electron chi connectivity index (χ2n) is 5.83. The fourth-order valence-corrected chi connectivity index (χ4v) is 3.41. The zero-order valence-corrected chi connectivity index (χ0v) is 16.1. The number of imidazole rings is 1. The van der Waals surface area contributed by atoms with E-state index in [4.69, 9.17) is 10.5 Å². The van der Waals surface area contributed by atoms with Crippen LogP contribution >= 0.6 is 22.6 Å². The van der Waals surface area contributed by atoms with Gasteiger partial charge in [0.1, 0.15) is 17.1 Å². The number of halogens is 2. The van der Waals surface area contributed by atoms with Crippen LogP contribution in [0.2, 0.25) is 0 Å². The average Bonchev–Trinajstić information content (AvgIpc) is 3.08. The lowest BCUT2D eigenvalue weighted by atomic mass is 10.1. The number of carbonyl (C=O) groups excluding carboxylic acids is 1. The van der Waals surface area contributed by atoms with Crippen molar-refractivity contribution in [3.63, 3.8) is 0 Å². The van der Waals surface area contributed by atoms with Crippen LogP contribution in [0.1, 0.15) is 10.5 Å². The van der Waals surface area contributed by atoms with E-state index in [1.54, 1.807) is 34.9 Å². The van der Waals surface area contributed by atoms with Crippen molar-refractivity contribution in [1.82, 2.24) is 9.38 Å². The number of ether oxygens (including phenoxy) is 1. The number of para-hydroxylation sites is 1. The minimum atomic E-state index is -0.550. The number of pyridine rings is 1. The van der Waals surface area contributed by atoms with Crippen LogP contribution in [-0.2, 0) is 0 Å². The van der Waals surface area contributed by atoms with Crippen LogP contribution in [0.3, 0.4) is 0 Å². The molecular weight excluding hydrogens is 460 g/mol. The third-order valence-corrected chi connectivity index (χ3v) is 5.01. The fraction of sp³-hybridized carbons (Fsp3) is 0. The van der Waals surface area contributed by atoms with Gasteiger partial charge in [0.05, 0.1) is 6.20 Å². The van der Waals surface area contributed by atoms with Crippen molar-refractivity contribution in [1.29, 1.82) is 0 Å². The highest BCUT2D eigenvalue weighted by molar-refractivity contribution is 14.1. The van der Waals surface area contributed by atoms with Gasteiger partial charge in [0.15, 0.2) is 11.6 Å². The molecule has 4 rings (SSSR count). The van der Waals surface area contributed by atoms with Crippen molar-refractivity contribution in [3.8, 4) is 22.6 Å². The van der Waals surface area contributed by atoms with Gasteiger partial charge in [-0.15, -0.1) is 0 Å². The van der Waals surface area contributed by atoms with Gasteiger partial charge >= 0.3 is 0 Å². The van der Waals surface area contributed by atoms with Gasteiger partial charge in [-0.25, -0.2) is 9.37 Å². The molecule has 7 heteroatoms. The molecule has 27 heavy (non-hydrogen) atoms. The van der Waals surface area contributed by atoms with Crippen LogP contribution in [-0.4, -0.2) is 15.3 Å². The maximum atomic E-state index is 13.9. The summed E-state index contributed by atoms with van der Waals surface area (Å²) in [7, 11) is 0. The Bertz CT molecular complexity index is 1170. The Morgan fingerprint density at radius 1 is 1.15 bits per heavy atom. The van der Waals surface area contributed by atoms with E-state index in [0.29, 0.717) is 17.1 Å². The van der Waals surface area contributed by atoms with E-state index in [-0.39, 0.29) is 5.75 Å². The van der Waals surface area contributed by atoms with Crippen molar-refractivity contribution in [3.05, 3.63) is 82.1 Å². The van der Waals surface area contributed by atoms with Crippen molar-refractivity contribution < 1.29 is 13.9 Å². The molecular formula is C20H13FIN3O2. The molecule has 0 saturated carbocycles. The number of nitrogens with two attached hydrogens (primary N) is 1. The van der Waals surface area contributed by atoms with Crippen LogP contribution in [0.15, 0.2) is 67.0 Å². The molecule has 0 aliphatic carbocycles. The molecule has 0 atom stereocenters. The molecule has 2 aromatic heterocycles. The highest BCUT2D eigenvalue weighted by Gasteiger charge is 2.12. The van der Waals surface area contributed by atoms with E-state index >= 15 is 0 Å². The molecule has 134 valence electrons. The van der Waals surface area contributed by atoms with Gasteiger partial charge in [-0.1, -0.05) is 12.1 Å². The molecule has 0 aliphatic heterocycles. The largest absolute Gasteiger partial charge is 0.454 e. The van der Waals surface area contributed by atoms with Crippen LogP contribution in [0.5, 0.6) is 11.5 Å². The first-order valence-corrected chi connectivity index (χ1v) is 9.10. The SMILES string of the molecule is NC(=O)c1cnc2ccc(-c3cc(Oc4ccccc4F)ccc3I)cn12. The molecule has 2 heterocycles. The Morgan fingerprint density at radius 2 is 1.96 bits per heavy atom. The smallest absolute Gasteiger partial charge is 0.267 e. The van der Waals surface area contributed by atoms with Crippen molar-refractivity contribution in [2.45, 2.75) is 0 Å². The first-order valence-electron chi connectivity index (χ1n) is 8.02. The first-order chi connectivity index (χ1) is 13.0. The number of carbonyl (C=O) groups is 1. The number of nitrogens with zero attached hydrogens (tertiary/aromatic N) is 2. The number of benzene rings is 2. The fourth-order valence-electron chi connectivity index (χ4n) is 2.77. The lowest BCUT2D eigenvalue weighted by Gasteiger charge is -2.11. The summed E-state index contributed by atoms with van der Waals surface area (Å²) in [6, 6.07) is 15.4. The molecule has 0 unspecified atom stereocenters. The molecule has 0 bridgehead atoms. The number of hydrogen-bond donors (Lipinski definition) is 1. The van der Waals surface area contributed by atoms with Crippen LogP contribution in [0.25, 0.3) is 16.8 Å². The molecule has 0 fully saturated rings. The molecule has 0 saturated heterocycles. The van der Waals surface area contributed by atoms with E-state index in [1.165, 1.54) is 12.3 Å². The molecule has 2 aromatic carbocycles. The van der Waals surface area contributed by atoms with Gasteiger partial charge in [0, 0.05) is 15.3 Å². The Labute approximate surface area is 167 Å². The monoisotopic (exact) mass is 473 g/mol. The maximum Gasteiger partial charge on any atom is 0.267 e. The van der Waals surface area contributed by atoms with E-state index < -0.39 is 11.7 Å². The lowest BCUT2D eigenvalue weighted by molar-refractivity contribution is 0.0995. The third kappa shape index (κ3) is 3.37. The summed E-state index contributed by atoms with van der Waals surface area (Å²) in [5.74, 6) is -0.309. The molecule has 1 amide bonds. The zero-order chi connectivity index (χ0) is 19.0. The van der Waals surface area contributed by atoms with Crippen molar-refractivity contribution in [2.24, 2.45) is 5.73 Å². The van der Waals surface area contributed by atoms with Gasteiger partial charge in [-0.2, -0.15) is 0 Å². The minimum absolute atomic E-state index is 0.158. The molecule has 0 spiro atoms. The minimum Gasteiger partial charge on any atom is -0.454 e. The van der Waals surface area contributed by atoms with Gasteiger partial charge in [0.25, 0.3) is 5.91 Å². The lowest BCUT2D eigenvalue weighted by Crippen LogP contribution is -2.13. The van der Waals surface area contributed by atoms with Crippen LogP contribution in [0, 0.1) is 9.39 Å². The summed E-state index contributed by atoms with van der Waals surface area (Å²) in [6.07, 6.45) is 3.25. The molecule has 0 radical (unpaired) electrons. The average molecular weight is 473 g/mol.